The second kappa shape index (κ2) is 7.60. The van der Waals surface area contributed by atoms with Crippen molar-refractivity contribution in [1.82, 2.24) is 5.43 Å². The fraction of sp³-hybridized carbons (Fsp3) is 0.294. The van der Waals surface area contributed by atoms with Crippen LogP contribution in [0, 0.1) is 13.8 Å². The Morgan fingerprint density at radius 1 is 1.35 bits per heavy atom. The zero-order valence-electron chi connectivity index (χ0n) is 13.5. The second-order valence-electron chi connectivity index (χ2n) is 5.26. The van der Waals surface area contributed by atoms with Gasteiger partial charge in [-0.25, -0.2) is 5.43 Å². The van der Waals surface area contributed by atoms with Crippen LogP contribution in [0.4, 0.5) is 5.69 Å². The number of carbonyl (C=O) groups is 1. The molecule has 2 N–H and O–H groups in total. The van der Waals surface area contributed by atoms with E-state index in [4.69, 9.17) is 9.52 Å². The first-order valence-corrected chi connectivity index (χ1v) is 7.33. The molecule has 0 unspecified atom stereocenters. The summed E-state index contributed by atoms with van der Waals surface area (Å²) in [4.78, 5) is 13.9. The van der Waals surface area contributed by atoms with Gasteiger partial charge in [-0.15, -0.1) is 0 Å². The summed E-state index contributed by atoms with van der Waals surface area (Å²) in [6.45, 7) is 4.22. The van der Waals surface area contributed by atoms with E-state index in [9.17, 15) is 4.79 Å². The largest absolute Gasteiger partial charge is 0.466 e. The fourth-order valence-electron chi connectivity index (χ4n) is 2.18. The molecule has 0 radical (unpaired) electrons. The number of aryl methyl sites for hydroxylation is 2. The van der Waals surface area contributed by atoms with E-state index < -0.39 is 0 Å². The van der Waals surface area contributed by atoms with Gasteiger partial charge in [0.25, 0.3) is 5.91 Å². The predicted octanol–water partition coefficient (Wildman–Crippen LogP) is 2.09. The Bertz CT molecular complexity index is 690. The van der Waals surface area contributed by atoms with Gasteiger partial charge in [-0.05, 0) is 37.6 Å². The first-order chi connectivity index (χ1) is 11.0. The van der Waals surface area contributed by atoms with Crippen molar-refractivity contribution in [2.75, 3.05) is 25.1 Å². The quantitative estimate of drug-likeness (QED) is 0.632. The molecule has 122 valence electrons. The van der Waals surface area contributed by atoms with Crippen LogP contribution in [0.3, 0.4) is 0 Å². The van der Waals surface area contributed by atoms with Crippen LogP contribution >= 0.6 is 0 Å². The Kier molecular flexibility index (Phi) is 5.54. The third kappa shape index (κ3) is 4.43. The van der Waals surface area contributed by atoms with Crippen molar-refractivity contribution in [3.05, 3.63) is 53.0 Å². The van der Waals surface area contributed by atoms with Crippen molar-refractivity contribution in [2.24, 2.45) is 5.10 Å². The molecule has 0 aliphatic heterocycles. The van der Waals surface area contributed by atoms with Crippen molar-refractivity contribution in [2.45, 2.75) is 13.8 Å². The minimum absolute atomic E-state index is 0.110. The third-order valence-electron chi connectivity index (χ3n) is 3.43. The van der Waals surface area contributed by atoms with Gasteiger partial charge in [-0.3, -0.25) is 4.79 Å². The zero-order chi connectivity index (χ0) is 16.8. The lowest BCUT2D eigenvalue weighted by atomic mass is 10.2. The van der Waals surface area contributed by atoms with Gasteiger partial charge in [0, 0.05) is 19.3 Å². The van der Waals surface area contributed by atoms with E-state index in [0.29, 0.717) is 23.6 Å². The number of aliphatic hydroxyl groups excluding tert-OH is 1. The molecule has 0 bridgehead atoms. The molecule has 1 aromatic carbocycles. The minimum atomic E-state index is -0.296. The number of nitrogens with zero attached hydrogens (tertiary/aromatic N) is 2. The summed E-state index contributed by atoms with van der Waals surface area (Å²) in [5.74, 6) is 0.973. The highest BCUT2D eigenvalue weighted by molar-refractivity contribution is 5.95. The normalized spacial score (nSPS) is 11.0. The van der Waals surface area contributed by atoms with Gasteiger partial charge in [0.1, 0.15) is 11.5 Å². The molecule has 0 atom stereocenters. The van der Waals surface area contributed by atoms with Gasteiger partial charge in [-0.1, -0.05) is 12.1 Å². The summed E-state index contributed by atoms with van der Waals surface area (Å²) in [5, 5.41) is 12.9. The monoisotopic (exact) mass is 315 g/mol. The average molecular weight is 315 g/mol. The van der Waals surface area contributed by atoms with Crippen LogP contribution < -0.4 is 10.3 Å². The first-order valence-electron chi connectivity index (χ1n) is 7.33. The lowest BCUT2D eigenvalue weighted by Crippen LogP contribution is -2.20. The maximum Gasteiger partial charge on any atom is 0.274 e. The first kappa shape index (κ1) is 16.8. The van der Waals surface area contributed by atoms with Crippen LogP contribution in [0.15, 0.2) is 39.9 Å². The van der Waals surface area contributed by atoms with Crippen molar-refractivity contribution in [3.63, 3.8) is 0 Å². The number of hydrazone groups is 1. The van der Waals surface area contributed by atoms with Gasteiger partial charge in [-0.2, -0.15) is 5.10 Å². The molecule has 6 nitrogen and oxygen atoms in total. The molecule has 0 aliphatic rings. The van der Waals surface area contributed by atoms with Crippen LogP contribution in [0.25, 0.3) is 0 Å². The zero-order valence-corrected chi connectivity index (χ0v) is 13.5. The molecule has 1 amide bonds. The topological polar surface area (TPSA) is 78.1 Å². The van der Waals surface area contributed by atoms with Gasteiger partial charge in [0.2, 0.25) is 0 Å². The molecule has 0 aliphatic carbocycles. The SMILES string of the molecule is Cc1cc(C(=O)NN=Cc2ccc(N(C)CCO)cc2)c(C)o1. The Morgan fingerprint density at radius 2 is 2.04 bits per heavy atom. The molecular formula is C17H21N3O3. The lowest BCUT2D eigenvalue weighted by molar-refractivity contribution is 0.0953. The molecule has 2 rings (SSSR count). The van der Waals surface area contributed by atoms with E-state index in [-0.39, 0.29) is 12.5 Å². The maximum absolute atomic E-state index is 12.0. The van der Waals surface area contributed by atoms with Gasteiger partial charge in [0.05, 0.1) is 18.4 Å². The second-order valence-corrected chi connectivity index (χ2v) is 5.26. The Morgan fingerprint density at radius 3 is 2.61 bits per heavy atom. The molecule has 0 spiro atoms. The van der Waals surface area contributed by atoms with E-state index in [1.807, 2.05) is 36.2 Å². The van der Waals surface area contributed by atoms with E-state index in [0.717, 1.165) is 11.3 Å². The van der Waals surface area contributed by atoms with Crippen LogP contribution in [0.5, 0.6) is 0 Å². The van der Waals surface area contributed by atoms with Crippen molar-refractivity contribution in [1.29, 1.82) is 0 Å². The van der Waals surface area contributed by atoms with E-state index in [2.05, 4.69) is 10.5 Å². The molecular weight excluding hydrogens is 294 g/mol. The molecule has 2 aromatic rings. The van der Waals surface area contributed by atoms with E-state index >= 15 is 0 Å². The summed E-state index contributed by atoms with van der Waals surface area (Å²) in [6, 6.07) is 9.34. The van der Waals surface area contributed by atoms with Crippen LogP contribution in [-0.4, -0.2) is 37.4 Å². The van der Waals surface area contributed by atoms with Gasteiger partial charge in [0.15, 0.2) is 0 Å². The summed E-state index contributed by atoms with van der Waals surface area (Å²) >= 11 is 0. The molecule has 1 aromatic heterocycles. The summed E-state index contributed by atoms with van der Waals surface area (Å²) in [6.07, 6.45) is 1.58. The minimum Gasteiger partial charge on any atom is -0.466 e. The Balaban J connectivity index is 1.95. The third-order valence-corrected chi connectivity index (χ3v) is 3.43. The maximum atomic E-state index is 12.0. The van der Waals surface area contributed by atoms with E-state index in [1.165, 1.54) is 0 Å². The van der Waals surface area contributed by atoms with Crippen molar-refractivity contribution >= 4 is 17.8 Å². The van der Waals surface area contributed by atoms with E-state index in [1.54, 1.807) is 26.1 Å². The van der Waals surface area contributed by atoms with Gasteiger partial charge < -0.3 is 14.4 Å². The lowest BCUT2D eigenvalue weighted by Gasteiger charge is -2.17. The molecule has 6 heteroatoms. The molecule has 0 saturated carbocycles. The highest BCUT2D eigenvalue weighted by atomic mass is 16.3. The predicted molar refractivity (Wildman–Crippen MR) is 90.0 cm³/mol. The molecule has 23 heavy (non-hydrogen) atoms. The number of hydrogen-bond acceptors (Lipinski definition) is 5. The summed E-state index contributed by atoms with van der Waals surface area (Å²) < 4.78 is 5.32. The van der Waals surface area contributed by atoms with Gasteiger partial charge >= 0.3 is 0 Å². The number of nitrogens with one attached hydrogen (secondary N) is 1. The molecule has 0 fully saturated rings. The van der Waals surface area contributed by atoms with Crippen molar-refractivity contribution in [3.8, 4) is 0 Å². The molecule has 1 heterocycles. The van der Waals surface area contributed by atoms with Crippen LogP contribution in [-0.2, 0) is 0 Å². The van der Waals surface area contributed by atoms with Crippen LogP contribution in [0.2, 0.25) is 0 Å². The number of likely N-dealkylation sites (N-methyl/N-ethyl adjacent to an activating group) is 1. The smallest absolute Gasteiger partial charge is 0.274 e. The number of anilines is 1. The number of benzene rings is 1. The number of aliphatic hydroxyl groups is 1. The standard InChI is InChI=1S/C17H21N3O3/c1-12-10-16(13(2)23-12)17(22)19-18-11-14-4-6-15(7-5-14)20(3)8-9-21/h4-7,10-11,21H,8-9H2,1-3H3,(H,19,22). The number of rotatable bonds is 6. The summed E-state index contributed by atoms with van der Waals surface area (Å²) in [5.41, 5.74) is 4.84. The number of hydrogen-bond donors (Lipinski definition) is 2. The van der Waals surface area contributed by atoms with Crippen LogP contribution in [0.1, 0.15) is 27.4 Å². The fourth-order valence-corrected chi connectivity index (χ4v) is 2.18. The highest BCUT2D eigenvalue weighted by Crippen LogP contribution is 2.14. The Hall–Kier alpha value is -2.60. The summed E-state index contributed by atoms with van der Waals surface area (Å²) in [7, 11) is 1.91. The average Bonchev–Trinajstić information content (AvgIpc) is 2.87. The van der Waals surface area contributed by atoms with Crippen molar-refractivity contribution < 1.29 is 14.3 Å². The molecule has 0 saturated heterocycles. The number of furan rings is 1. The number of carbonyl (C=O) groups excluding carboxylic acids is 1. The number of amides is 1. The Labute approximate surface area is 135 Å². The highest BCUT2D eigenvalue weighted by Gasteiger charge is 2.12.